The summed E-state index contributed by atoms with van der Waals surface area (Å²) in [6.45, 7) is 10.4. The topological polar surface area (TPSA) is 99.7 Å². The third-order valence-corrected chi connectivity index (χ3v) is 9.00. The highest BCUT2D eigenvalue weighted by Crippen LogP contribution is 2.29. The van der Waals surface area contributed by atoms with E-state index in [0.29, 0.717) is 18.8 Å². The van der Waals surface area contributed by atoms with Crippen molar-refractivity contribution in [3.05, 3.63) is 39.8 Å². The minimum atomic E-state index is -3.56. The molecule has 1 aliphatic heterocycles. The SMILES string of the molecule is CCN(CC)S(=O)(=O)c1ccc(N2C[C@H](C(=O)N[C@H](C)c3sc(C)nc3C)CC2=O)cc1. The van der Waals surface area contributed by atoms with Crippen LogP contribution in [0.2, 0.25) is 0 Å². The van der Waals surface area contributed by atoms with Gasteiger partial charge in [0, 0.05) is 36.6 Å². The van der Waals surface area contributed by atoms with Crippen LogP contribution in [0.5, 0.6) is 0 Å². The molecular weight excluding hydrogens is 448 g/mol. The Labute approximate surface area is 193 Å². The molecule has 8 nitrogen and oxygen atoms in total. The minimum Gasteiger partial charge on any atom is -0.348 e. The van der Waals surface area contributed by atoms with Crippen molar-refractivity contribution in [2.45, 2.75) is 52.0 Å². The summed E-state index contributed by atoms with van der Waals surface area (Å²) in [6.07, 6.45) is 0.124. The number of carbonyl (C=O) groups is 2. The molecule has 0 unspecified atom stereocenters. The summed E-state index contributed by atoms with van der Waals surface area (Å²) in [6, 6.07) is 6.10. The largest absolute Gasteiger partial charge is 0.348 e. The molecule has 1 N–H and O–H groups in total. The van der Waals surface area contributed by atoms with Crippen LogP contribution in [0.15, 0.2) is 29.2 Å². The van der Waals surface area contributed by atoms with Crippen molar-refractivity contribution in [3.8, 4) is 0 Å². The van der Waals surface area contributed by atoms with E-state index in [-0.39, 0.29) is 35.7 Å². The molecule has 2 atom stereocenters. The van der Waals surface area contributed by atoms with Crippen LogP contribution in [0.25, 0.3) is 0 Å². The van der Waals surface area contributed by atoms with Gasteiger partial charge in [-0.25, -0.2) is 13.4 Å². The highest BCUT2D eigenvalue weighted by Gasteiger charge is 2.36. The summed E-state index contributed by atoms with van der Waals surface area (Å²) in [7, 11) is -3.56. The van der Waals surface area contributed by atoms with E-state index in [4.69, 9.17) is 0 Å². The first-order valence-corrected chi connectivity index (χ1v) is 13.0. The number of thiazole rings is 1. The molecule has 0 spiro atoms. The zero-order valence-corrected chi connectivity index (χ0v) is 20.7. The Kier molecular flexibility index (Phi) is 7.36. The fraction of sp³-hybridized carbons (Fsp3) is 0.500. The van der Waals surface area contributed by atoms with Crippen molar-refractivity contribution in [2.24, 2.45) is 5.92 Å². The van der Waals surface area contributed by atoms with E-state index in [1.54, 1.807) is 42.2 Å². The predicted molar refractivity (Wildman–Crippen MR) is 125 cm³/mol. The van der Waals surface area contributed by atoms with Crippen LogP contribution in [-0.2, 0) is 19.6 Å². The molecule has 2 aromatic rings. The average molecular weight is 479 g/mol. The van der Waals surface area contributed by atoms with E-state index < -0.39 is 15.9 Å². The number of amides is 2. The van der Waals surface area contributed by atoms with Gasteiger partial charge in [-0.2, -0.15) is 4.31 Å². The number of aryl methyl sites for hydroxylation is 2. The van der Waals surface area contributed by atoms with E-state index in [1.165, 1.54) is 16.4 Å². The van der Waals surface area contributed by atoms with Crippen LogP contribution in [0.4, 0.5) is 5.69 Å². The molecule has 0 radical (unpaired) electrons. The van der Waals surface area contributed by atoms with Gasteiger partial charge in [0.05, 0.1) is 27.6 Å². The number of hydrogen-bond donors (Lipinski definition) is 1. The lowest BCUT2D eigenvalue weighted by Crippen LogP contribution is -2.34. The van der Waals surface area contributed by atoms with E-state index in [1.807, 2.05) is 20.8 Å². The van der Waals surface area contributed by atoms with Crippen LogP contribution in [-0.4, -0.2) is 49.2 Å². The number of anilines is 1. The lowest BCUT2D eigenvalue weighted by molar-refractivity contribution is -0.126. The number of aromatic nitrogens is 1. The van der Waals surface area contributed by atoms with Crippen molar-refractivity contribution < 1.29 is 18.0 Å². The van der Waals surface area contributed by atoms with Gasteiger partial charge in [-0.3, -0.25) is 9.59 Å². The summed E-state index contributed by atoms with van der Waals surface area (Å²) in [4.78, 5) is 32.6. The van der Waals surface area contributed by atoms with Gasteiger partial charge < -0.3 is 10.2 Å². The van der Waals surface area contributed by atoms with Gasteiger partial charge in [0.15, 0.2) is 0 Å². The molecule has 0 bridgehead atoms. The van der Waals surface area contributed by atoms with Gasteiger partial charge in [-0.1, -0.05) is 13.8 Å². The zero-order chi connectivity index (χ0) is 23.6. The normalized spacial score (nSPS) is 17.8. The lowest BCUT2D eigenvalue weighted by atomic mass is 10.1. The number of hydrogen-bond acceptors (Lipinski definition) is 6. The number of benzene rings is 1. The Hall–Kier alpha value is -2.30. The van der Waals surface area contributed by atoms with Crippen LogP contribution < -0.4 is 10.2 Å². The smallest absolute Gasteiger partial charge is 0.243 e. The first-order valence-electron chi connectivity index (χ1n) is 10.7. The molecule has 2 heterocycles. The molecule has 1 aromatic heterocycles. The van der Waals surface area contributed by atoms with Crippen molar-refractivity contribution in [2.75, 3.05) is 24.5 Å². The quantitative estimate of drug-likeness (QED) is 0.629. The van der Waals surface area contributed by atoms with Gasteiger partial charge in [-0.15, -0.1) is 11.3 Å². The highest BCUT2D eigenvalue weighted by atomic mass is 32.2. The average Bonchev–Trinajstić information content (AvgIpc) is 3.30. The summed E-state index contributed by atoms with van der Waals surface area (Å²) in [5.74, 6) is -0.778. The molecule has 0 saturated carbocycles. The lowest BCUT2D eigenvalue weighted by Gasteiger charge is -2.20. The summed E-state index contributed by atoms with van der Waals surface area (Å²) < 4.78 is 26.7. The molecule has 1 saturated heterocycles. The third-order valence-electron chi connectivity index (χ3n) is 5.68. The van der Waals surface area contributed by atoms with Crippen LogP contribution in [0, 0.1) is 19.8 Å². The second kappa shape index (κ2) is 9.68. The van der Waals surface area contributed by atoms with Gasteiger partial charge in [0.2, 0.25) is 21.8 Å². The fourth-order valence-electron chi connectivity index (χ4n) is 3.99. The van der Waals surface area contributed by atoms with Crippen LogP contribution in [0.3, 0.4) is 0 Å². The Bertz CT molecular complexity index is 1090. The van der Waals surface area contributed by atoms with Crippen LogP contribution >= 0.6 is 11.3 Å². The zero-order valence-electron chi connectivity index (χ0n) is 19.1. The Morgan fingerprint density at radius 2 is 1.88 bits per heavy atom. The summed E-state index contributed by atoms with van der Waals surface area (Å²) in [5, 5.41) is 3.96. The monoisotopic (exact) mass is 478 g/mol. The standard InChI is InChI=1S/C22H30N4O4S2/c1-6-25(7-2)32(29,30)19-10-8-18(9-11-19)26-13-17(12-20(26)27)22(28)24-15(4)21-14(3)23-16(5)31-21/h8-11,15,17H,6-7,12-13H2,1-5H3,(H,24,28)/t15-,17-/m1/s1. The Morgan fingerprint density at radius 1 is 1.25 bits per heavy atom. The molecular formula is C22H30N4O4S2. The van der Waals surface area contributed by atoms with Gasteiger partial charge >= 0.3 is 0 Å². The number of rotatable bonds is 8. The second-order valence-corrected chi connectivity index (χ2v) is 11.1. The highest BCUT2D eigenvalue weighted by molar-refractivity contribution is 7.89. The molecule has 2 amide bonds. The summed E-state index contributed by atoms with van der Waals surface area (Å²) >= 11 is 1.56. The number of sulfonamides is 1. The Morgan fingerprint density at radius 3 is 2.41 bits per heavy atom. The molecule has 1 aliphatic rings. The van der Waals surface area contributed by atoms with Gasteiger partial charge in [0.25, 0.3) is 0 Å². The van der Waals surface area contributed by atoms with Crippen molar-refractivity contribution >= 4 is 38.9 Å². The first kappa shape index (κ1) is 24.3. The molecule has 3 rings (SSSR count). The number of nitrogens with one attached hydrogen (secondary N) is 1. The maximum absolute atomic E-state index is 12.8. The first-order chi connectivity index (χ1) is 15.1. The number of carbonyl (C=O) groups excluding carboxylic acids is 2. The third kappa shape index (κ3) is 4.87. The van der Waals surface area contributed by atoms with E-state index in [0.717, 1.165) is 15.6 Å². The Balaban J connectivity index is 1.69. The van der Waals surface area contributed by atoms with Crippen molar-refractivity contribution in [3.63, 3.8) is 0 Å². The van der Waals surface area contributed by atoms with Gasteiger partial charge in [0.1, 0.15) is 0 Å². The van der Waals surface area contributed by atoms with Crippen molar-refractivity contribution in [1.82, 2.24) is 14.6 Å². The molecule has 174 valence electrons. The number of nitrogens with zero attached hydrogens (tertiary/aromatic N) is 3. The van der Waals surface area contributed by atoms with E-state index in [9.17, 15) is 18.0 Å². The van der Waals surface area contributed by atoms with Gasteiger partial charge in [-0.05, 0) is 45.0 Å². The molecule has 10 heteroatoms. The maximum atomic E-state index is 12.8. The maximum Gasteiger partial charge on any atom is 0.243 e. The summed E-state index contributed by atoms with van der Waals surface area (Å²) in [5.41, 5.74) is 1.50. The van der Waals surface area contributed by atoms with Crippen LogP contribution in [0.1, 0.15) is 48.8 Å². The molecule has 0 aliphatic carbocycles. The van der Waals surface area contributed by atoms with Crippen molar-refractivity contribution in [1.29, 1.82) is 0 Å². The predicted octanol–water partition coefficient (Wildman–Crippen LogP) is 3.02. The van der Waals surface area contributed by atoms with E-state index >= 15 is 0 Å². The molecule has 32 heavy (non-hydrogen) atoms. The second-order valence-electron chi connectivity index (χ2n) is 7.90. The van der Waals surface area contributed by atoms with E-state index in [2.05, 4.69) is 10.3 Å². The fourth-order valence-corrected chi connectivity index (χ4v) is 6.38. The molecule has 1 fully saturated rings. The molecule has 1 aromatic carbocycles. The minimum absolute atomic E-state index is 0.124.